The van der Waals surface area contributed by atoms with Crippen LogP contribution in [0.15, 0.2) is 90.3 Å². The summed E-state index contributed by atoms with van der Waals surface area (Å²) in [5.41, 5.74) is 9.03. The van der Waals surface area contributed by atoms with Crippen LogP contribution in [0.25, 0.3) is 0 Å². The lowest BCUT2D eigenvalue weighted by atomic mass is 10.1. The molecule has 3 aromatic rings. The van der Waals surface area contributed by atoms with Gasteiger partial charge in [0.2, 0.25) is 11.9 Å². The van der Waals surface area contributed by atoms with E-state index in [9.17, 15) is 9.59 Å². The number of nitrogens with zero attached hydrogens (tertiary/aromatic N) is 5. The number of hydrogen-bond acceptors (Lipinski definition) is 8. The Labute approximate surface area is 226 Å². The Morgan fingerprint density at radius 1 is 1.21 bits per heavy atom. The summed E-state index contributed by atoms with van der Waals surface area (Å²) in [6.45, 7) is 5.17. The number of methoxy groups -OCH3 is 1. The van der Waals surface area contributed by atoms with Gasteiger partial charge < -0.3 is 26.0 Å². The summed E-state index contributed by atoms with van der Waals surface area (Å²) >= 11 is 0. The minimum Gasteiger partial charge on any atom is -0.403 e. The van der Waals surface area contributed by atoms with Crippen molar-refractivity contribution in [1.29, 1.82) is 0 Å². The second kappa shape index (κ2) is 13.0. The van der Waals surface area contributed by atoms with Gasteiger partial charge in [0.15, 0.2) is 5.82 Å². The van der Waals surface area contributed by atoms with E-state index in [-0.39, 0.29) is 17.9 Å². The van der Waals surface area contributed by atoms with Gasteiger partial charge in [0.1, 0.15) is 0 Å². The lowest BCUT2D eigenvalue weighted by Gasteiger charge is -2.36. The first kappa shape index (κ1) is 27.0. The molecule has 0 saturated heterocycles. The summed E-state index contributed by atoms with van der Waals surface area (Å²) in [6, 6.07) is 16.4. The number of allylic oxidation sites excluding steroid dienone is 1. The van der Waals surface area contributed by atoms with Crippen LogP contribution < -0.4 is 21.3 Å². The molecule has 0 spiro atoms. The molecule has 0 saturated carbocycles. The van der Waals surface area contributed by atoms with Crippen molar-refractivity contribution < 1.29 is 14.3 Å². The van der Waals surface area contributed by atoms with Crippen LogP contribution in [0.1, 0.15) is 11.1 Å². The van der Waals surface area contributed by atoms with Crippen molar-refractivity contribution in [3.63, 3.8) is 0 Å². The van der Waals surface area contributed by atoms with E-state index in [4.69, 9.17) is 10.5 Å². The van der Waals surface area contributed by atoms with E-state index in [1.54, 1.807) is 48.7 Å². The van der Waals surface area contributed by atoms with Gasteiger partial charge in [-0.05, 0) is 29.8 Å². The summed E-state index contributed by atoms with van der Waals surface area (Å²) in [4.78, 5) is 42.4. The number of aliphatic imine (C=N–C) groups is 1. The van der Waals surface area contributed by atoms with E-state index in [1.165, 1.54) is 17.2 Å². The molecule has 39 heavy (non-hydrogen) atoms. The summed E-state index contributed by atoms with van der Waals surface area (Å²) in [5, 5.41) is 5.78. The molecule has 0 aliphatic carbocycles. The zero-order chi connectivity index (χ0) is 27.6. The molecule has 11 nitrogen and oxygen atoms in total. The Morgan fingerprint density at radius 3 is 2.77 bits per heavy atom. The molecule has 1 aromatic heterocycles. The third-order valence-corrected chi connectivity index (χ3v) is 5.74. The van der Waals surface area contributed by atoms with Crippen LogP contribution in [-0.2, 0) is 22.6 Å². The number of aromatic nitrogens is 2. The van der Waals surface area contributed by atoms with Gasteiger partial charge in [-0.15, -0.1) is 0 Å². The number of benzene rings is 2. The van der Waals surface area contributed by atoms with Crippen LogP contribution in [0, 0.1) is 0 Å². The molecule has 2 heterocycles. The fourth-order valence-corrected chi connectivity index (χ4v) is 3.90. The monoisotopic (exact) mass is 526 g/mol. The fourth-order valence-electron chi connectivity index (χ4n) is 3.90. The predicted octanol–water partition coefficient (Wildman–Crippen LogP) is 3.80. The van der Waals surface area contributed by atoms with Gasteiger partial charge in [0.25, 0.3) is 0 Å². The highest BCUT2D eigenvalue weighted by atomic mass is 16.5. The van der Waals surface area contributed by atoms with E-state index in [2.05, 4.69) is 32.2 Å². The number of nitrogens with one attached hydrogen (secondary N) is 2. The topological polar surface area (TPSA) is 138 Å². The molecular formula is C28H30N8O3. The number of amides is 3. The van der Waals surface area contributed by atoms with Crippen LogP contribution >= 0.6 is 0 Å². The average molecular weight is 527 g/mol. The Kier molecular flexibility index (Phi) is 8.99. The predicted molar refractivity (Wildman–Crippen MR) is 152 cm³/mol. The molecule has 2 aromatic carbocycles. The Balaban J connectivity index is 1.70. The van der Waals surface area contributed by atoms with Crippen molar-refractivity contribution in [2.24, 2.45) is 10.7 Å². The van der Waals surface area contributed by atoms with E-state index in [1.807, 2.05) is 30.3 Å². The van der Waals surface area contributed by atoms with Crippen LogP contribution in [0.2, 0.25) is 0 Å². The quantitative estimate of drug-likeness (QED) is 0.196. The molecule has 200 valence electrons. The summed E-state index contributed by atoms with van der Waals surface area (Å²) in [5.74, 6) is 0.307. The van der Waals surface area contributed by atoms with Crippen molar-refractivity contribution in [3.8, 4) is 0 Å². The van der Waals surface area contributed by atoms with Gasteiger partial charge in [-0.2, -0.15) is 4.98 Å². The third kappa shape index (κ3) is 6.84. The molecule has 4 rings (SSSR count). The van der Waals surface area contributed by atoms with Crippen molar-refractivity contribution in [2.45, 2.75) is 13.1 Å². The highest BCUT2D eigenvalue weighted by molar-refractivity contribution is 6.03. The van der Waals surface area contributed by atoms with Crippen molar-refractivity contribution in [2.75, 3.05) is 35.8 Å². The van der Waals surface area contributed by atoms with E-state index < -0.39 is 0 Å². The van der Waals surface area contributed by atoms with Crippen LogP contribution in [0.4, 0.5) is 27.9 Å². The molecule has 11 heteroatoms. The number of urea groups is 1. The highest BCUT2D eigenvalue weighted by Crippen LogP contribution is 2.35. The second-order valence-electron chi connectivity index (χ2n) is 8.52. The number of hydrogen-bond donors (Lipinski definition) is 3. The lowest BCUT2D eigenvalue weighted by Crippen LogP contribution is -2.45. The van der Waals surface area contributed by atoms with Gasteiger partial charge in [-0.25, -0.2) is 14.7 Å². The molecule has 0 fully saturated rings. The van der Waals surface area contributed by atoms with Crippen molar-refractivity contribution >= 4 is 41.3 Å². The van der Waals surface area contributed by atoms with E-state index in [0.717, 1.165) is 11.1 Å². The highest BCUT2D eigenvalue weighted by Gasteiger charge is 2.33. The maximum absolute atomic E-state index is 13.9. The minimum atomic E-state index is -0.356. The smallest absolute Gasteiger partial charge is 0.330 e. The summed E-state index contributed by atoms with van der Waals surface area (Å²) in [7, 11) is 1.60. The van der Waals surface area contributed by atoms with Crippen LogP contribution in [-0.4, -0.2) is 53.3 Å². The van der Waals surface area contributed by atoms with E-state index in [0.29, 0.717) is 49.1 Å². The van der Waals surface area contributed by atoms with Gasteiger partial charge in [0.05, 0.1) is 31.1 Å². The standard InChI is InChI=1S/C28H30N8O3/c1-3-25(37)32-22-10-7-11-24(14-22)36-26-21(19-35(28(36)38)18-20-8-5-4-6-9-20)16-31-27(34-26)33-23(15-29)17-30-12-13-39-2/h3-11,14-17H,1,12-13,18-19,29H2,2H3,(H,32,37)(H,31,33,34). The van der Waals surface area contributed by atoms with Gasteiger partial charge in [-0.3, -0.25) is 9.79 Å². The SMILES string of the molecule is C=CC(=O)Nc1cccc(N2C(=O)N(Cc3ccccc3)Cc3cnc(NC(C=NCCOC)=CN)nc32)c1. The first-order chi connectivity index (χ1) is 19.0. The Morgan fingerprint density at radius 2 is 2.03 bits per heavy atom. The van der Waals surface area contributed by atoms with Crippen molar-refractivity contribution in [3.05, 3.63) is 96.5 Å². The summed E-state index contributed by atoms with van der Waals surface area (Å²) < 4.78 is 5.00. The molecule has 0 unspecified atom stereocenters. The molecular weight excluding hydrogens is 496 g/mol. The number of rotatable bonds is 11. The first-order valence-electron chi connectivity index (χ1n) is 12.2. The zero-order valence-electron chi connectivity index (χ0n) is 21.6. The van der Waals surface area contributed by atoms with Crippen LogP contribution in [0.3, 0.4) is 0 Å². The fraction of sp³-hybridized carbons (Fsp3) is 0.179. The molecule has 3 amide bonds. The van der Waals surface area contributed by atoms with E-state index >= 15 is 0 Å². The number of nitrogens with two attached hydrogens (primary N) is 1. The molecule has 4 N–H and O–H groups in total. The van der Waals surface area contributed by atoms with Gasteiger partial charge >= 0.3 is 6.03 Å². The molecule has 0 radical (unpaired) electrons. The lowest BCUT2D eigenvalue weighted by molar-refractivity contribution is -0.111. The van der Waals surface area contributed by atoms with Crippen molar-refractivity contribution in [1.82, 2.24) is 14.9 Å². The number of carbonyl (C=O) groups excluding carboxylic acids is 2. The molecule has 0 bridgehead atoms. The van der Waals surface area contributed by atoms with Gasteiger partial charge in [-0.1, -0.05) is 43.0 Å². The first-order valence-corrected chi connectivity index (χ1v) is 12.2. The second-order valence-corrected chi connectivity index (χ2v) is 8.52. The minimum absolute atomic E-state index is 0.245. The van der Waals surface area contributed by atoms with Crippen LogP contribution in [0.5, 0.6) is 0 Å². The Bertz CT molecular complexity index is 1390. The number of ether oxygens (including phenoxy) is 1. The Hall–Kier alpha value is -5.03. The zero-order valence-corrected chi connectivity index (χ0v) is 21.6. The molecule has 1 aliphatic rings. The molecule has 0 atom stereocenters. The number of carbonyl (C=O) groups is 2. The number of anilines is 4. The molecule has 1 aliphatic heterocycles. The number of fused-ring (bicyclic) bond motifs is 1. The maximum atomic E-state index is 13.9. The van der Waals surface area contributed by atoms with Gasteiger partial charge in [0, 0.05) is 43.5 Å². The maximum Gasteiger partial charge on any atom is 0.330 e. The normalized spacial score (nSPS) is 13.4. The average Bonchev–Trinajstić information content (AvgIpc) is 2.96. The third-order valence-electron chi connectivity index (χ3n) is 5.74. The largest absolute Gasteiger partial charge is 0.403 e. The summed E-state index contributed by atoms with van der Waals surface area (Å²) in [6.07, 6.45) is 5.79.